The maximum absolute atomic E-state index is 12.5. The lowest BCUT2D eigenvalue weighted by atomic mass is 9.86. The van der Waals surface area contributed by atoms with E-state index in [1.165, 1.54) is 11.1 Å². The SMILES string of the molecule is Cc1nc(N[C@H]2CCOC2)cc(-n2ncc3cc(C)c(C4CCN(C(=O)OC(C)(C)C)CC4)cc32)n1. The van der Waals surface area contributed by atoms with Crippen molar-refractivity contribution in [1.29, 1.82) is 0 Å². The summed E-state index contributed by atoms with van der Waals surface area (Å²) in [5, 5.41) is 9.23. The summed E-state index contributed by atoms with van der Waals surface area (Å²) in [4.78, 5) is 23.6. The number of rotatable bonds is 4. The molecule has 9 heteroatoms. The fourth-order valence-electron chi connectivity index (χ4n) is 5.12. The lowest BCUT2D eigenvalue weighted by Gasteiger charge is -2.34. The Kier molecular flexibility index (Phi) is 6.59. The third-order valence-electron chi connectivity index (χ3n) is 6.87. The van der Waals surface area contributed by atoms with Crippen LogP contribution in [0.5, 0.6) is 0 Å². The molecule has 1 N–H and O–H groups in total. The summed E-state index contributed by atoms with van der Waals surface area (Å²) in [5.41, 5.74) is 3.10. The molecule has 0 aliphatic carbocycles. The zero-order valence-corrected chi connectivity index (χ0v) is 21.9. The van der Waals surface area contributed by atoms with E-state index in [1.54, 1.807) is 0 Å². The van der Waals surface area contributed by atoms with Gasteiger partial charge in [0.25, 0.3) is 0 Å². The number of piperidine rings is 1. The number of anilines is 1. The van der Waals surface area contributed by atoms with Crippen LogP contribution in [0.15, 0.2) is 24.4 Å². The second-order valence-corrected chi connectivity index (χ2v) is 10.9. The van der Waals surface area contributed by atoms with Gasteiger partial charge in [0.15, 0.2) is 5.82 Å². The lowest BCUT2D eigenvalue weighted by molar-refractivity contribution is 0.0205. The van der Waals surface area contributed by atoms with Crippen molar-refractivity contribution in [3.63, 3.8) is 0 Å². The highest BCUT2D eigenvalue weighted by Gasteiger charge is 2.28. The van der Waals surface area contributed by atoms with E-state index in [-0.39, 0.29) is 12.1 Å². The third kappa shape index (κ3) is 5.31. The summed E-state index contributed by atoms with van der Waals surface area (Å²) < 4.78 is 13.0. The van der Waals surface area contributed by atoms with Gasteiger partial charge in [0.05, 0.1) is 24.4 Å². The zero-order chi connectivity index (χ0) is 25.4. The van der Waals surface area contributed by atoms with Gasteiger partial charge in [0.1, 0.15) is 17.2 Å². The van der Waals surface area contributed by atoms with E-state index in [0.717, 1.165) is 48.4 Å². The zero-order valence-electron chi connectivity index (χ0n) is 21.9. The van der Waals surface area contributed by atoms with Crippen molar-refractivity contribution in [2.75, 3.05) is 31.6 Å². The van der Waals surface area contributed by atoms with Crippen LogP contribution in [0.2, 0.25) is 0 Å². The van der Waals surface area contributed by atoms with Gasteiger partial charge in [0, 0.05) is 31.1 Å². The Balaban J connectivity index is 1.38. The van der Waals surface area contributed by atoms with Crippen LogP contribution in [-0.2, 0) is 9.47 Å². The number of benzene rings is 1. The molecule has 4 heterocycles. The average Bonchev–Trinajstić information content (AvgIpc) is 3.46. The summed E-state index contributed by atoms with van der Waals surface area (Å²) >= 11 is 0. The van der Waals surface area contributed by atoms with Crippen LogP contribution in [0.3, 0.4) is 0 Å². The molecule has 1 atom stereocenters. The summed E-state index contributed by atoms with van der Waals surface area (Å²) in [7, 11) is 0. The highest BCUT2D eigenvalue weighted by atomic mass is 16.6. The molecule has 36 heavy (non-hydrogen) atoms. The Hall–Kier alpha value is -3.20. The molecule has 0 radical (unpaired) electrons. The van der Waals surface area contributed by atoms with Crippen molar-refractivity contribution in [2.24, 2.45) is 0 Å². The first-order valence-electron chi connectivity index (χ1n) is 12.8. The van der Waals surface area contributed by atoms with Crippen LogP contribution in [0.4, 0.5) is 10.6 Å². The van der Waals surface area contributed by atoms with Gasteiger partial charge in [-0.15, -0.1) is 0 Å². The van der Waals surface area contributed by atoms with Crippen molar-refractivity contribution in [1.82, 2.24) is 24.6 Å². The fraction of sp³-hybridized carbons (Fsp3) is 0.556. The second-order valence-electron chi connectivity index (χ2n) is 10.9. The van der Waals surface area contributed by atoms with E-state index >= 15 is 0 Å². The van der Waals surface area contributed by atoms with Gasteiger partial charge in [-0.05, 0) is 83.1 Å². The Bertz CT molecular complexity index is 1250. The minimum Gasteiger partial charge on any atom is -0.444 e. The summed E-state index contributed by atoms with van der Waals surface area (Å²) in [6.45, 7) is 12.6. The first-order valence-corrected chi connectivity index (χ1v) is 12.8. The minimum atomic E-state index is -0.479. The van der Waals surface area contributed by atoms with Gasteiger partial charge in [-0.3, -0.25) is 0 Å². The van der Waals surface area contributed by atoms with Crippen LogP contribution in [0.1, 0.15) is 62.9 Å². The number of carbonyl (C=O) groups is 1. The van der Waals surface area contributed by atoms with E-state index in [1.807, 2.05) is 49.5 Å². The molecule has 3 aromatic rings. The smallest absolute Gasteiger partial charge is 0.410 e. The predicted octanol–water partition coefficient (Wildman–Crippen LogP) is 4.75. The van der Waals surface area contributed by atoms with Gasteiger partial charge in [-0.25, -0.2) is 19.4 Å². The molecule has 0 unspecified atom stereocenters. The van der Waals surface area contributed by atoms with Crippen LogP contribution in [-0.4, -0.2) is 68.7 Å². The first kappa shape index (κ1) is 24.5. The molecule has 2 aromatic heterocycles. The van der Waals surface area contributed by atoms with E-state index in [4.69, 9.17) is 9.47 Å². The Labute approximate surface area is 212 Å². The number of aromatic nitrogens is 4. The van der Waals surface area contributed by atoms with Crippen molar-refractivity contribution < 1.29 is 14.3 Å². The molecule has 2 saturated heterocycles. The molecule has 0 bridgehead atoms. The maximum Gasteiger partial charge on any atom is 0.410 e. The molecule has 2 aliphatic rings. The number of hydrogen-bond donors (Lipinski definition) is 1. The number of ether oxygens (including phenoxy) is 2. The second kappa shape index (κ2) is 9.69. The van der Waals surface area contributed by atoms with Crippen molar-refractivity contribution in [3.8, 4) is 5.82 Å². The van der Waals surface area contributed by atoms with E-state index < -0.39 is 5.60 Å². The van der Waals surface area contributed by atoms with Gasteiger partial charge in [-0.2, -0.15) is 5.10 Å². The highest BCUT2D eigenvalue weighted by molar-refractivity contribution is 5.82. The minimum absolute atomic E-state index is 0.223. The normalized spacial score (nSPS) is 19.1. The molecule has 9 nitrogen and oxygen atoms in total. The monoisotopic (exact) mass is 492 g/mol. The van der Waals surface area contributed by atoms with E-state index in [2.05, 4.69) is 39.4 Å². The number of nitrogens with zero attached hydrogens (tertiary/aromatic N) is 5. The number of fused-ring (bicyclic) bond motifs is 1. The summed E-state index contributed by atoms with van der Waals surface area (Å²) in [5.74, 6) is 2.61. The van der Waals surface area contributed by atoms with Gasteiger partial charge in [0.2, 0.25) is 0 Å². The van der Waals surface area contributed by atoms with Crippen LogP contribution in [0.25, 0.3) is 16.7 Å². The topological polar surface area (TPSA) is 94.4 Å². The van der Waals surface area contributed by atoms with E-state index in [0.29, 0.717) is 31.4 Å². The van der Waals surface area contributed by atoms with Gasteiger partial charge < -0.3 is 19.7 Å². The van der Waals surface area contributed by atoms with Crippen LogP contribution >= 0.6 is 0 Å². The fourth-order valence-corrected chi connectivity index (χ4v) is 5.12. The first-order chi connectivity index (χ1) is 17.2. The molecule has 0 spiro atoms. The van der Waals surface area contributed by atoms with Gasteiger partial charge >= 0.3 is 6.09 Å². The highest BCUT2D eigenvalue weighted by Crippen LogP contribution is 2.34. The quantitative estimate of drug-likeness (QED) is 0.562. The number of amides is 1. The van der Waals surface area contributed by atoms with Crippen molar-refractivity contribution in [3.05, 3.63) is 41.3 Å². The standard InChI is InChI=1S/C27H36N6O3/c1-17-12-20-15-28-33(25-14-24(29-18(2)30-25)31-21-8-11-35-16-21)23(20)13-22(17)19-6-9-32(10-7-19)26(34)36-27(3,4)5/h12-15,19,21H,6-11,16H2,1-5H3,(H,29,30,31)/t21-/m0/s1. The van der Waals surface area contributed by atoms with Crippen LogP contribution < -0.4 is 5.32 Å². The number of hydrogen-bond acceptors (Lipinski definition) is 7. The van der Waals surface area contributed by atoms with Crippen molar-refractivity contribution >= 4 is 22.8 Å². The lowest BCUT2D eigenvalue weighted by Crippen LogP contribution is -2.41. The van der Waals surface area contributed by atoms with E-state index in [9.17, 15) is 4.79 Å². The molecular formula is C27H36N6O3. The number of aryl methyl sites for hydroxylation is 2. The Morgan fingerprint density at radius 3 is 2.58 bits per heavy atom. The Morgan fingerprint density at radius 2 is 1.89 bits per heavy atom. The third-order valence-corrected chi connectivity index (χ3v) is 6.87. The maximum atomic E-state index is 12.5. The number of likely N-dealkylation sites (tertiary alicyclic amines) is 1. The number of nitrogens with one attached hydrogen (secondary N) is 1. The Morgan fingerprint density at radius 1 is 1.11 bits per heavy atom. The molecule has 1 aromatic carbocycles. The largest absolute Gasteiger partial charge is 0.444 e. The average molecular weight is 493 g/mol. The molecule has 2 fully saturated rings. The molecule has 5 rings (SSSR count). The predicted molar refractivity (Wildman–Crippen MR) is 139 cm³/mol. The van der Waals surface area contributed by atoms with Crippen molar-refractivity contribution in [2.45, 2.75) is 71.4 Å². The molecular weight excluding hydrogens is 456 g/mol. The molecule has 1 amide bonds. The van der Waals surface area contributed by atoms with Gasteiger partial charge in [-0.1, -0.05) is 0 Å². The van der Waals surface area contributed by atoms with Crippen LogP contribution in [0, 0.1) is 13.8 Å². The summed E-state index contributed by atoms with van der Waals surface area (Å²) in [6, 6.07) is 6.68. The molecule has 192 valence electrons. The molecule has 0 saturated carbocycles. The number of carbonyl (C=O) groups excluding carboxylic acids is 1. The molecule has 2 aliphatic heterocycles. The summed E-state index contributed by atoms with van der Waals surface area (Å²) in [6.07, 6.45) is 4.46.